The van der Waals surface area contributed by atoms with E-state index in [4.69, 9.17) is 0 Å². The third-order valence-corrected chi connectivity index (χ3v) is 8.60. The first kappa shape index (κ1) is 21.5. The molecule has 1 heterocycles. The van der Waals surface area contributed by atoms with Crippen molar-refractivity contribution in [3.8, 4) is 27.9 Å². The molecule has 7 aromatic rings. The Morgan fingerprint density at radius 2 is 1.13 bits per heavy atom. The molecule has 1 heteroatoms. The highest BCUT2D eigenvalue weighted by Crippen LogP contribution is 2.51. The monoisotopic (exact) mass is 485 g/mol. The molecule has 0 amide bonds. The Labute approximate surface area is 222 Å². The van der Waals surface area contributed by atoms with Crippen molar-refractivity contribution < 1.29 is 0 Å². The second-order valence-electron chi connectivity index (χ2n) is 11.0. The van der Waals surface area contributed by atoms with Gasteiger partial charge in [0.25, 0.3) is 0 Å². The molecule has 180 valence electrons. The van der Waals surface area contributed by atoms with Crippen LogP contribution in [0.5, 0.6) is 0 Å². The minimum Gasteiger partial charge on any atom is -0.309 e. The second kappa shape index (κ2) is 7.69. The summed E-state index contributed by atoms with van der Waals surface area (Å²) in [6.07, 6.45) is 0. The highest BCUT2D eigenvalue weighted by atomic mass is 15.0. The Morgan fingerprint density at radius 1 is 0.447 bits per heavy atom. The predicted octanol–water partition coefficient (Wildman–Crippen LogP) is 9.91. The number of hydrogen-bond donors (Lipinski definition) is 0. The van der Waals surface area contributed by atoms with Crippen molar-refractivity contribution in [3.05, 3.63) is 139 Å². The largest absolute Gasteiger partial charge is 0.309 e. The zero-order chi connectivity index (χ0) is 25.4. The molecule has 0 N–H and O–H groups in total. The Balaban J connectivity index is 1.49. The molecular weight excluding hydrogens is 458 g/mol. The maximum Gasteiger partial charge on any atom is 0.0547 e. The summed E-state index contributed by atoms with van der Waals surface area (Å²) in [5.74, 6) is 0. The first-order chi connectivity index (χ1) is 18.6. The summed E-state index contributed by atoms with van der Waals surface area (Å²) in [6.45, 7) is 4.72. The molecule has 1 aliphatic rings. The molecule has 0 aliphatic heterocycles. The van der Waals surface area contributed by atoms with Crippen LogP contribution < -0.4 is 0 Å². The Kier molecular flexibility index (Phi) is 4.35. The predicted molar refractivity (Wildman–Crippen MR) is 161 cm³/mol. The summed E-state index contributed by atoms with van der Waals surface area (Å²) in [6, 6.07) is 46.8. The van der Waals surface area contributed by atoms with Crippen LogP contribution in [0.4, 0.5) is 0 Å². The van der Waals surface area contributed by atoms with Crippen molar-refractivity contribution >= 4 is 32.6 Å². The quantitative estimate of drug-likeness (QED) is 0.230. The van der Waals surface area contributed by atoms with Gasteiger partial charge in [0.1, 0.15) is 0 Å². The van der Waals surface area contributed by atoms with Gasteiger partial charge in [0.05, 0.1) is 16.7 Å². The summed E-state index contributed by atoms with van der Waals surface area (Å²) >= 11 is 0. The second-order valence-corrected chi connectivity index (χ2v) is 11.0. The van der Waals surface area contributed by atoms with E-state index in [2.05, 4.69) is 146 Å². The van der Waals surface area contributed by atoms with E-state index in [0.717, 1.165) is 0 Å². The maximum atomic E-state index is 2.48. The molecule has 0 spiro atoms. The van der Waals surface area contributed by atoms with Crippen molar-refractivity contribution in [1.29, 1.82) is 0 Å². The number of nitrogens with zero attached hydrogens (tertiary/aromatic N) is 1. The van der Waals surface area contributed by atoms with Crippen LogP contribution in [0.3, 0.4) is 0 Å². The van der Waals surface area contributed by atoms with Gasteiger partial charge in [-0.05, 0) is 63.0 Å². The average molecular weight is 486 g/mol. The molecule has 0 radical (unpaired) electrons. The zero-order valence-corrected chi connectivity index (χ0v) is 21.6. The summed E-state index contributed by atoms with van der Waals surface area (Å²) in [7, 11) is 0. The van der Waals surface area contributed by atoms with E-state index in [1.165, 1.54) is 71.6 Å². The number of hydrogen-bond acceptors (Lipinski definition) is 0. The Hall–Kier alpha value is -4.62. The lowest BCUT2D eigenvalue weighted by molar-refractivity contribution is 0.661. The van der Waals surface area contributed by atoms with Gasteiger partial charge in [-0.25, -0.2) is 0 Å². The molecule has 8 rings (SSSR count). The summed E-state index contributed by atoms with van der Waals surface area (Å²) in [4.78, 5) is 0. The van der Waals surface area contributed by atoms with Crippen molar-refractivity contribution in [2.45, 2.75) is 19.3 Å². The van der Waals surface area contributed by atoms with Gasteiger partial charge in [-0.1, -0.05) is 117 Å². The standard InChI is InChI=1S/C37H27N/c1-37(2)32-18-10-8-15-27(32)30-23-36-31(22-33(30)37)29-17-9-11-19-34(29)38(36)35-21-20-25(24-12-4-3-5-13-24)26-14-6-7-16-28(26)35/h3-23H,1-2H3. The first-order valence-electron chi connectivity index (χ1n) is 13.4. The number of rotatable bonds is 2. The van der Waals surface area contributed by atoms with Crippen molar-refractivity contribution in [2.24, 2.45) is 0 Å². The fourth-order valence-corrected chi connectivity index (χ4v) is 6.77. The van der Waals surface area contributed by atoms with Gasteiger partial charge in [0, 0.05) is 21.6 Å². The van der Waals surface area contributed by atoms with Gasteiger partial charge < -0.3 is 4.57 Å². The number of para-hydroxylation sites is 1. The molecule has 1 aliphatic carbocycles. The summed E-state index contributed by atoms with van der Waals surface area (Å²) in [5, 5.41) is 5.15. The van der Waals surface area contributed by atoms with Gasteiger partial charge >= 0.3 is 0 Å². The first-order valence-corrected chi connectivity index (χ1v) is 13.4. The van der Waals surface area contributed by atoms with Gasteiger partial charge in [-0.3, -0.25) is 0 Å². The smallest absolute Gasteiger partial charge is 0.0547 e. The summed E-state index contributed by atoms with van der Waals surface area (Å²) < 4.78 is 2.48. The average Bonchev–Trinajstić information content (AvgIpc) is 3.40. The van der Waals surface area contributed by atoms with Crippen LogP contribution in [0.15, 0.2) is 127 Å². The number of benzene rings is 6. The van der Waals surface area contributed by atoms with Crippen LogP contribution >= 0.6 is 0 Å². The van der Waals surface area contributed by atoms with Crippen LogP contribution in [0.2, 0.25) is 0 Å². The molecule has 0 saturated carbocycles. The van der Waals surface area contributed by atoms with Crippen molar-refractivity contribution in [2.75, 3.05) is 0 Å². The van der Waals surface area contributed by atoms with Crippen LogP contribution in [-0.2, 0) is 5.41 Å². The SMILES string of the molecule is CC1(C)c2ccccc2-c2cc3c(cc21)c1ccccc1n3-c1ccc(-c2ccccc2)c2ccccc12. The third kappa shape index (κ3) is 2.82. The van der Waals surface area contributed by atoms with Gasteiger partial charge in [0.15, 0.2) is 0 Å². The maximum absolute atomic E-state index is 2.48. The zero-order valence-electron chi connectivity index (χ0n) is 21.6. The summed E-state index contributed by atoms with van der Waals surface area (Å²) in [5.41, 5.74) is 11.8. The lowest BCUT2D eigenvalue weighted by Crippen LogP contribution is -2.14. The van der Waals surface area contributed by atoms with Crippen LogP contribution in [0, 0.1) is 0 Å². The molecule has 0 bridgehead atoms. The molecule has 0 saturated heterocycles. The van der Waals surface area contributed by atoms with Gasteiger partial charge in [-0.2, -0.15) is 0 Å². The molecule has 0 fully saturated rings. The topological polar surface area (TPSA) is 4.93 Å². The fraction of sp³-hybridized carbons (Fsp3) is 0.0811. The van der Waals surface area contributed by atoms with E-state index in [0.29, 0.717) is 0 Å². The van der Waals surface area contributed by atoms with E-state index in [9.17, 15) is 0 Å². The Morgan fingerprint density at radius 3 is 1.97 bits per heavy atom. The van der Waals surface area contributed by atoms with Gasteiger partial charge in [-0.15, -0.1) is 0 Å². The van der Waals surface area contributed by atoms with E-state index in [1.54, 1.807) is 0 Å². The minimum atomic E-state index is -0.0205. The molecule has 38 heavy (non-hydrogen) atoms. The molecular formula is C37H27N. The Bertz CT molecular complexity index is 2040. The molecule has 0 atom stereocenters. The lowest BCUT2D eigenvalue weighted by atomic mass is 9.82. The van der Waals surface area contributed by atoms with Crippen LogP contribution in [0.1, 0.15) is 25.0 Å². The number of aromatic nitrogens is 1. The van der Waals surface area contributed by atoms with E-state index < -0.39 is 0 Å². The van der Waals surface area contributed by atoms with Crippen molar-refractivity contribution in [1.82, 2.24) is 4.57 Å². The van der Waals surface area contributed by atoms with E-state index >= 15 is 0 Å². The highest BCUT2D eigenvalue weighted by molar-refractivity contribution is 6.13. The molecule has 0 unspecified atom stereocenters. The van der Waals surface area contributed by atoms with Crippen molar-refractivity contribution in [3.63, 3.8) is 0 Å². The van der Waals surface area contributed by atoms with Crippen LogP contribution in [-0.4, -0.2) is 4.57 Å². The molecule has 1 aromatic heterocycles. The van der Waals surface area contributed by atoms with Crippen LogP contribution in [0.25, 0.3) is 60.5 Å². The highest BCUT2D eigenvalue weighted by Gasteiger charge is 2.36. The fourth-order valence-electron chi connectivity index (χ4n) is 6.77. The minimum absolute atomic E-state index is 0.0205. The molecule has 6 aromatic carbocycles. The lowest BCUT2D eigenvalue weighted by Gasteiger charge is -2.21. The van der Waals surface area contributed by atoms with Gasteiger partial charge in [0.2, 0.25) is 0 Å². The van der Waals surface area contributed by atoms with E-state index in [1.807, 2.05) is 0 Å². The normalized spacial score (nSPS) is 13.7. The third-order valence-electron chi connectivity index (χ3n) is 8.60. The number of fused-ring (bicyclic) bond motifs is 7. The molecule has 1 nitrogen and oxygen atoms in total. The van der Waals surface area contributed by atoms with E-state index in [-0.39, 0.29) is 5.41 Å².